The van der Waals surface area contributed by atoms with Crippen molar-refractivity contribution in [3.05, 3.63) is 15.8 Å². The van der Waals surface area contributed by atoms with E-state index in [1.165, 1.54) is 0 Å². The molecule has 9 nitrogen and oxygen atoms in total. The van der Waals surface area contributed by atoms with Crippen molar-refractivity contribution in [1.82, 2.24) is 19.6 Å². The lowest BCUT2D eigenvalue weighted by atomic mass is 9.92. The number of hydrogen-bond acceptors (Lipinski definition) is 6. The van der Waals surface area contributed by atoms with Gasteiger partial charge in [-0.05, 0) is 32.2 Å². The van der Waals surface area contributed by atoms with Crippen molar-refractivity contribution in [2.45, 2.75) is 33.1 Å². The maximum Gasteiger partial charge on any atom is 0.333 e. The summed E-state index contributed by atoms with van der Waals surface area (Å²) in [4.78, 5) is 30.1. The van der Waals surface area contributed by atoms with Crippen molar-refractivity contribution in [2.24, 2.45) is 13.0 Å². The Balaban J connectivity index is 1.54. The molecule has 2 saturated heterocycles. The van der Waals surface area contributed by atoms with E-state index in [9.17, 15) is 14.9 Å². The van der Waals surface area contributed by atoms with E-state index < -0.39 is 0 Å². The fourth-order valence-electron chi connectivity index (χ4n) is 4.24. The minimum atomic E-state index is -0.344. The Morgan fingerprint density at radius 1 is 1.19 bits per heavy atom. The summed E-state index contributed by atoms with van der Waals surface area (Å²) in [6.45, 7) is 9.89. The first-order chi connectivity index (χ1) is 12.9. The molecule has 2 aliphatic rings. The highest BCUT2D eigenvalue weighted by Gasteiger charge is 2.32. The molecule has 0 atom stereocenters. The van der Waals surface area contributed by atoms with E-state index in [1.54, 1.807) is 18.7 Å². The number of aryl methyl sites for hydroxylation is 2. The van der Waals surface area contributed by atoms with Crippen LogP contribution in [0.3, 0.4) is 0 Å². The largest absolute Gasteiger partial charge is 0.351 e. The standard InChI is InChI=1S/C18H30N6O3/c1-4-21-9-11-22(12-10-21)16(25)13-15-5-7-23(8-6-15)18-17(24(26)27)14(2)19-20(18)3/h15H,4-13H2,1-3H3. The van der Waals surface area contributed by atoms with Crippen LogP contribution in [0, 0.1) is 23.0 Å². The zero-order valence-corrected chi connectivity index (χ0v) is 16.6. The van der Waals surface area contributed by atoms with Gasteiger partial charge in [-0.1, -0.05) is 6.92 Å². The van der Waals surface area contributed by atoms with Crippen LogP contribution in [0.5, 0.6) is 0 Å². The van der Waals surface area contributed by atoms with E-state index in [-0.39, 0.29) is 16.5 Å². The number of piperazine rings is 1. The van der Waals surface area contributed by atoms with Gasteiger partial charge in [0, 0.05) is 52.7 Å². The van der Waals surface area contributed by atoms with Crippen LogP contribution in [0.4, 0.5) is 11.5 Å². The van der Waals surface area contributed by atoms with Crippen LogP contribution < -0.4 is 4.90 Å². The second kappa shape index (κ2) is 8.24. The lowest BCUT2D eigenvalue weighted by Gasteiger charge is -2.36. The van der Waals surface area contributed by atoms with Gasteiger partial charge in [0.2, 0.25) is 11.7 Å². The summed E-state index contributed by atoms with van der Waals surface area (Å²) < 4.78 is 1.60. The molecule has 150 valence electrons. The number of carbonyl (C=O) groups is 1. The number of anilines is 1. The van der Waals surface area contributed by atoms with Gasteiger partial charge in [0.25, 0.3) is 0 Å². The molecule has 9 heteroatoms. The number of carbonyl (C=O) groups excluding carboxylic acids is 1. The fourth-order valence-corrected chi connectivity index (χ4v) is 4.24. The summed E-state index contributed by atoms with van der Waals surface area (Å²) in [6.07, 6.45) is 2.34. The number of aromatic nitrogens is 2. The van der Waals surface area contributed by atoms with E-state index in [0.717, 1.165) is 58.7 Å². The quantitative estimate of drug-likeness (QED) is 0.569. The Hall–Kier alpha value is -2.16. The van der Waals surface area contributed by atoms with E-state index in [2.05, 4.69) is 16.9 Å². The summed E-state index contributed by atoms with van der Waals surface area (Å²) in [7, 11) is 1.75. The summed E-state index contributed by atoms with van der Waals surface area (Å²) in [5, 5.41) is 15.6. The first-order valence-corrected chi connectivity index (χ1v) is 9.83. The highest BCUT2D eigenvalue weighted by molar-refractivity contribution is 5.76. The van der Waals surface area contributed by atoms with Crippen LogP contribution in [0.1, 0.15) is 31.9 Å². The molecular weight excluding hydrogens is 348 g/mol. The Labute approximate surface area is 160 Å². The number of rotatable bonds is 5. The first kappa shape index (κ1) is 19.6. The normalized spacial score (nSPS) is 19.5. The second-order valence-electron chi connectivity index (χ2n) is 7.59. The summed E-state index contributed by atoms with van der Waals surface area (Å²) in [6, 6.07) is 0. The molecule has 0 N–H and O–H groups in total. The molecule has 1 amide bonds. The molecule has 1 aromatic heterocycles. The Bertz CT molecular complexity index is 688. The van der Waals surface area contributed by atoms with Gasteiger partial charge in [0.15, 0.2) is 0 Å². The molecule has 0 radical (unpaired) electrons. The second-order valence-corrected chi connectivity index (χ2v) is 7.59. The molecule has 3 heterocycles. The van der Waals surface area contributed by atoms with Crippen LogP contribution in [-0.4, -0.2) is 76.2 Å². The third-order valence-corrected chi connectivity index (χ3v) is 5.89. The first-order valence-electron chi connectivity index (χ1n) is 9.83. The third-order valence-electron chi connectivity index (χ3n) is 5.89. The maximum absolute atomic E-state index is 12.6. The molecular formula is C18H30N6O3. The van der Waals surface area contributed by atoms with Crippen LogP contribution in [0.25, 0.3) is 0 Å². The van der Waals surface area contributed by atoms with Gasteiger partial charge in [-0.3, -0.25) is 14.9 Å². The molecule has 1 aromatic rings. The minimum absolute atomic E-state index is 0.0980. The number of piperidine rings is 1. The van der Waals surface area contributed by atoms with Gasteiger partial charge < -0.3 is 14.7 Å². The molecule has 0 spiro atoms. The van der Waals surface area contributed by atoms with Gasteiger partial charge in [-0.15, -0.1) is 0 Å². The Morgan fingerprint density at radius 3 is 2.37 bits per heavy atom. The van der Waals surface area contributed by atoms with Crippen LogP contribution in [0.15, 0.2) is 0 Å². The van der Waals surface area contributed by atoms with Gasteiger partial charge in [-0.25, -0.2) is 4.68 Å². The van der Waals surface area contributed by atoms with Crippen molar-refractivity contribution in [3.63, 3.8) is 0 Å². The molecule has 27 heavy (non-hydrogen) atoms. The molecule has 0 aromatic carbocycles. The summed E-state index contributed by atoms with van der Waals surface area (Å²) >= 11 is 0. The monoisotopic (exact) mass is 378 g/mol. The van der Waals surface area contributed by atoms with Gasteiger partial charge >= 0.3 is 5.69 Å². The summed E-state index contributed by atoms with van der Waals surface area (Å²) in [5.74, 6) is 1.19. The van der Waals surface area contributed by atoms with Crippen LogP contribution in [0.2, 0.25) is 0 Å². The Kier molecular flexibility index (Phi) is 5.98. The molecule has 0 unspecified atom stereocenters. The maximum atomic E-state index is 12.6. The highest BCUT2D eigenvalue weighted by atomic mass is 16.6. The van der Waals surface area contributed by atoms with E-state index in [0.29, 0.717) is 23.9 Å². The van der Waals surface area contributed by atoms with Gasteiger partial charge in [-0.2, -0.15) is 5.10 Å². The van der Waals surface area contributed by atoms with E-state index >= 15 is 0 Å². The fraction of sp³-hybridized carbons (Fsp3) is 0.778. The Morgan fingerprint density at radius 2 is 1.81 bits per heavy atom. The molecule has 3 rings (SSSR count). The molecule has 2 aliphatic heterocycles. The van der Waals surface area contributed by atoms with Crippen molar-refractivity contribution in [3.8, 4) is 0 Å². The molecule has 2 fully saturated rings. The van der Waals surface area contributed by atoms with E-state index in [1.807, 2.05) is 9.80 Å². The molecule has 0 bridgehead atoms. The number of likely N-dealkylation sites (N-methyl/N-ethyl adjacent to an activating group) is 1. The number of nitrogens with zero attached hydrogens (tertiary/aromatic N) is 6. The predicted octanol–water partition coefficient (Wildman–Crippen LogP) is 1.41. The smallest absolute Gasteiger partial charge is 0.333 e. The average Bonchev–Trinajstić information content (AvgIpc) is 2.96. The van der Waals surface area contributed by atoms with Gasteiger partial charge in [0.05, 0.1) is 4.92 Å². The van der Waals surface area contributed by atoms with E-state index in [4.69, 9.17) is 0 Å². The topological polar surface area (TPSA) is 87.8 Å². The minimum Gasteiger partial charge on any atom is -0.351 e. The van der Waals surface area contributed by atoms with Crippen molar-refractivity contribution < 1.29 is 9.72 Å². The zero-order chi connectivity index (χ0) is 19.6. The van der Waals surface area contributed by atoms with Gasteiger partial charge in [0.1, 0.15) is 5.69 Å². The van der Waals surface area contributed by atoms with Crippen LogP contribution >= 0.6 is 0 Å². The SMILES string of the molecule is CCN1CCN(C(=O)CC2CCN(c3c([N+](=O)[O-])c(C)nn3C)CC2)CC1. The van der Waals surface area contributed by atoms with Crippen molar-refractivity contribution in [1.29, 1.82) is 0 Å². The average molecular weight is 378 g/mol. The number of nitro groups is 1. The van der Waals surface area contributed by atoms with Crippen molar-refractivity contribution in [2.75, 3.05) is 50.7 Å². The van der Waals surface area contributed by atoms with Crippen LogP contribution in [-0.2, 0) is 11.8 Å². The third kappa shape index (κ3) is 4.23. The zero-order valence-electron chi connectivity index (χ0n) is 16.6. The number of amides is 1. The lowest BCUT2D eigenvalue weighted by Crippen LogP contribution is -2.49. The lowest BCUT2D eigenvalue weighted by molar-refractivity contribution is -0.384. The highest BCUT2D eigenvalue weighted by Crippen LogP contribution is 2.34. The number of hydrogen-bond donors (Lipinski definition) is 0. The molecule has 0 aliphatic carbocycles. The summed E-state index contributed by atoms with van der Waals surface area (Å²) in [5.41, 5.74) is 0.543. The van der Waals surface area contributed by atoms with Crippen molar-refractivity contribution >= 4 is 17.4 Å². The predicted molar refractivity (Wildman–Crippen MR) is 103 cm³/mol. The molecule has 0 saturated carbocycles.